The number of hydrogen-bond donors (Lipinski definition) is 1. The molecule has 8 heteroatoms. The van der Waals surface area contributed by atoms with Crippen molar-refractivity contribution in [2.75, 3.05) is 0 Å². The van der Waals surface area contributed by atoms with Crippen LogP contribution in [0.15, 0.2) is 36.4 Å². The molecule has 0 saturated heterocycles. The molecule has 0 aliphatic rings. The Morgan fingerprint density at radius 3 is 1.83 bits per heavy atom. The molecule has 0 amide bonds. The first kappa shape index (κ1) is 27.2. The van der Waals surface area contributed by atoms with Gasteiger partial charge >= 0.3 is 0 Å². The number of aromatic hydroxyl groups is 1. The summed E-state index contributed by atoms with van der Waals surface area (Å²) in [6.07, 6.45) is 0. The van der Waals surface area contributed by atoms with E-state index < -0.39 is 27.8 Å². The van der Waals surface area contributed by atoms with Crippen LogP contribution >= 0.6 is 0 Å². The van der Waals surface area contributed by atoms with Gasteiger partial charge in [0.05, 0.1) is 16.6 Å². The van der Waals surface area contributed by atoms with Crippen LogP contribution in [-0.4, -0.2) is 49.5 Å². The normalized spacial score (nSPS) is 13.4. The van der Waals surface area contributed by atoms with Gasteiger partial charge in [0.1, 0.15) is 17.0 Å². The van der Waals surface area contributed by atoms with E-state index in [0.717, 1.165) is 0 Å². The largest absolute Gasteiger partial charge is 0.506 e. The minimum atomic E-state index is -2.00. The summed E-state index contributed by atoms with van der Waals surface area (Å²) in [6.45, 7) is 19.3. The lowest BCUT2D eigenvalue weighted by Crippen LogP contribution is -2.44. The first-order valence-electron chi connectivity index (χ1n) is 11.9. The van der Waals surface area contributed by atoms with Crippen molar-refractivity contribution in [1.29, 1.82) is 0 Å². The summed E-state index contributed by atoms with van der Waals surface area (Å²) in [4.78, 5) is 31.2. The maximum atomic E-state index is 13.3. The molecule has 0 bridgehead atoms. The summed E-state index contributed by atoms with van der Waals surface area (Å²) < 4.78 is 12.2. The molecule has 0 aliphatic heterocycles. The van der Waals surface area contributed by atoms with E-state index in [9.17, 15) is 14.7 Å². The number of fused-ring (bicyclic) bond motifs is 2. The standard InChI is InChI=1S/C27H37NO5Si2/c1-26(2,32-34(5,6)7)24(30)17-11-13-21-18(15-17)16-20-22(28-21)14-12-19(23(20)29)25(31)27(3,4)33-35(8,9)10/h11-16,29H,1-10H3. The van der Waals surface area contributed by atoms with Crippen LogP contribution < -0.4 is 0 Å². The third-order valence-electron chi connectivity index (χ3n) is 5.49. The summed E-state index contributed by atoms with van der Waals surface area (Å²) in [5.74, 6) is -0.526. The van der Waals surface area contributed by atoms with E-state index >= 15 is 0 Å². The van der Waals surface area contributed by atoms with Gasteiger partial charge in [-0.2, -0.15) is 0 Å². The van der Waals surface area contributed by atoms with Crippen molar-refractivity contribution in [3.8, 4) is 5.75 Å². The topological polar surface area (TPSA) is 85.7 Å². The van der Waals surface area contributed by atoms with Crippen molar-refractivity contribution >= 4 is 50.0 Å². The number of hydrogen-bond acceptors (Lipinski definition) is 6. The number of aromatic nitrogens is 1. The number of carbonyl (C=O) groups is 2. The van der Waals surface area contributed by atoms with Gasteiger partial charge in [0.25, 0.3) is 0 Å². The Morgan fingerprint density at radius 2 is 1.29 bits per heavy atom. The predicted octanol–water partition coefficient (Wildman–Crippen LogP) is 6.72. The highest BCUT2D eigenvalue weighted by Crippen LogP contribution is 2.34. The zero-order chi connectivity index (χ0) is 26.6. The average molecular weight is 512 g/mol. The number of phenolic OH excluding ortho intramolecular Hbond substituents is 1. The van der Waals surface area contributed by atoms with Crippen LogP contribution in [0, 0.1) is 0 Å². The van der Waals surface area contributed by atoms with E-state index in [2.05, 4.69) is 24.6 Å². The van der Waals surface area contributed by atoms with E-state index in [1.165, 1.54) is 0 Å². The Bertz CT molecular complexity index is 1320. The lowest BCUT2D eigenvalue weighted by molar-refractivity contribution is 0.0555. The monoisotopic (exact) mass is 511 g/mol. The summed E-state index contributed by atoms with van der Waals surface area (Å²) in [5, 5.41) is 12.2. The molecule has 0 fully saturated rings. The molecule has 188 valence electrons. The number of carbonyl (C=O) groups excluding carboxylic acids is 2. The van der Waals surface area contributed by atoms with Gasteiger partial charge in [0.2, 0.25) is 0 Å². The molecule has 0 atom stereocenters. The lowest BCUT2D eigenvalue weighted by Gasteiger charge is -2.32. The fourth-order valence-electron chi connectivity index (χ4n) is 4.51. The molecule has 0 aliphatic carbocycles. The van der Waals surface area contributed by atoms with Gasteiger partial charge in [-0.15, -0.1) is 0 Å². The molecule has 1 aromatic heterocycles. The molecule has 2 aromatic carbocycles. The number of pyridine rings is 1. The van der Waals surface area contributed by atoms with E-state index in [-0.39, 0.29) is 22.9 Å². The van der Waals surface area contributed by atoms with Gasteiger partial charge in [0, 0.05) is 16.3 Å². The second-order valence-electron chi connectivity index (χ2n) is 12.0. The van der Waals surface area contributed by atoms with Crippen LogP contribution in [-0.2, 0) is 8.85 Å². The van der Waals surface area contributed by atoms with Crippen molar-refractivity contribution in [3.05, 3.63) is 47.5 Å². The third-order valence-corrected chi connectivity index (χ3v) is 7.73. The van der Waals surface area contributed by atoms with Crippen LogP contribution in [0.5, 0.6) is 5.75 Å². The minimum Gasteiger partial charge on any atom is -0.506 e. The third kappa shape index (κ3) is 6.06. The quantitative estimate of drug-likeness (QED) is 0.205. The van der Waals surface area contributed by atoms with Gasteiger partial charge in [-0.05, 0) is 103 Å². The summed E-state index contributed by atoms with van der Waals surface area (Å²) in [5.41, 5.74) is -0.0547. The molecule has 0 saturated carbocycles. The van der Waals surface area contributed by atoms with Gasteiger partial charge in [-0.25, -0.2) is 4.98 Å². The first-order chi connectivity index (χ1) is 15.8. The average Bonchev–Trinajstić information content (AvgIpc) is 2.68. The second-order valence-corrected chi connectivity index (χ2v) is 20.9. The Hall–Kier alpha value is -2.40. The van der Waals surface area contributed by atoms with E-state index in [4.69, 9.17) is 8.85 Å². The van der Waals surface area contributed by atoms with Crippen LogP contribution in [0.3, 0.4) is 0 Å². The summed E-state index contributed by atoms with van der Waals surface area (Å²) in [6, 6.07) is 10.4. The van der Waals surface area contributed by atoms with Crippen molar-refractivity contribution in [1.82, 2.24) is 4.98 Å². The van der Waals surface area contributed by atoms with Crippen LogP contribution in [0.25, 0.3) is 21.8 Å². The zero-order valence-corrected chi connectivity index (χ0v) is 24.5. The van der Waals surface area contributed by atoms with Crippen LogP contribution in [0.2, 0.25) is 39.3 Å². The smallest absolute Gasteiger partial charge is 0.196 e. The van der Waals surface area contributed by atoms with Crippen molar-refractivity contribution in [2.45, 2.75) is 78.2 Å². The Balaban J connectivity index is 2.08. The molecule has 1 heterocycles. The summed E-state index contributed by atoms with van der Waals surface area (Å²) in [7, 11) is -3.94. The summed E-state index contributed by atoms with van der Waals surface area (Å²) >= 11 is 0. The fourth-order valence-corrected chi connectivity index (χ4v) is 7.76. The number of phenols is 1. The molecular formula is C27H37NO5Si2. The predicted molar refractivity (Wildman–Crippen MR) is 147 cm³/mol. The number of Topliss-reactive ketones (excluding diaryl/α,β-unsaturated/α-hetero) is 2. The molecular weight excluding hydrogens is 474 g/mol. The number of rotatable bonds is 8. The Labute approximate surface area is 209 Å². The van der Waals surface area contributed by atoms with Crippen LogP contribution in [0.1, 0.15) is 48.4 Å². The first-order valence-corrected chi connectivity index (χ1v) is 18.7. The minimum absolute atomic E-state index is 0.111. The van der Waals surface area contributed by atoms with Crippen molar-refractivity contribution < 1.29 is 23.5 Å². The zero-order valence-electron chi connectivity index (χ0n) is 22.5. The lowest BCUT2D eigenvalue weighted by atomic mass is 9.93. The van der Waals surface area contributed by atoms with Crippen molar-refractivity contribution in [3.63, 3.8) is 0 Å². The number of ketones is 2. The molecule has 6 nitrogen and oxygen atoms in total. The van der Waals surface area contributed by atoms with E-state index in [1.54, 1.807) is 64.1 Å². The van der Waals surface area contributed by atoms with Crippen LogP contribution in [0.4, 0.5) is 0 Å². The van der Waals surface area contributed by atoms with Gasteiger partial charge < -0.3 is 14.0 Å². The Kier molecular flexibility index (Phi) is 6.93. The molecule has 35 heavy (non-hydrogen) atoms. The highest BCUT2D eigenvalue weighted by molar-refractivity contribution is 6.70. The fraction of sp³-hybridized carbons (Fsp3) is 0.444. The van der Waals surface area contributed by atoms with E-state index in [1.807, 2.05) is 19.6 Å². The molecule has 3 rings (SSSR count). The van der Waals surface area contributed by atoms with Crippen molar-refractivity contribution in [2.24, 2.45) is 0 Å². The highest BCUT2D eigenvalue weighted by atomic mass is 28.4. The highest BCUT2D eigenvalue weighted by Gasteiger charge is 2.37. The Morgan fingerprint density at radius 1 is 0.771 bits per heavy atom. The number of benzene rings is 2. The molecule has 0 radical (unpaired) electrons. The SMILES string of the molecule is CC(C)(O[Si](C)(C)C)C(=O)c1ccc2nc3ccc(C(=O)C(C)(C)O[Si](C)(C)C)c(O)c3cc2c1. The van der Waals surface area contributed by atoms with Gasteiger partial charge in [-0.3, -0.25) is 9.59 Å². The molecule has 1 N–H and O–H groups in total. The maximum Gasteiger partial charge on any atom is 0.196 e. The molecule has 0 unspecified atom stereocenters. The maximum absolute atomic E-state index is 13.3. The van der Waals surface area contributed by atoms with Gasteiger partial charge in [0.15, 0.2) is 28.2 Å². The number of nitrogens with zero attached hydrogens (tertiary/aromatic N) is 1. The second kappa shape index (κ2) is 8.92. The van der Waals surface area contributed by atoms with Gasteiger partial charge in [-0.1, -0.05) is 0 Å². The molecule has 0 spiro atoms. The van der Waals surface area contributed by atoms with E-state index in [0.29, 0.717) is 27.4 Å². The molecule has 3 aromatic rings.